The second-order valence-corrected chi connectivity index (χ2v) is 5.96. The van der Waals surface area contributed by atoms with Crippen molar-refractivity contribution in [2.45, 2.75) is 13.5 Å². The van der Waals surface area contributed by atoms with Crippen LogP contribution in [0.15, 0.2) is 36.4 Å². The van der Waals surface area contributed by atoms with E-state index in [0.29, 0.717) is 5.56 Å². The lowest BCUT2D eigenvalue weighted by Gasteiger charge is -2.01. The van der Waals surface area contributed by atoms with E-state index in [1.807, 2.05) is 18.2 Å². The molecule has 0 saturated carbocycles. The molecule has 0 aliphatic heterocycles. The molecule has 2 aromatic carbocycles. The average molecular weight is 314 g/mol. The number of hydrogen-bond acceptors (Lipinski definition) is 4. The van der Waals surface area contributed by atoms with Gasteiger partial charge < -0.3 is 15.3 Å². The zero-order chi connectivity index (χ0) is 15.7. The van der Waals surface area contributed by atoms with Gasteiger partial charge in [0.1, 0.15) is 11.2 Å². The molecule has 0 fully saturated rings. The molecule has 0 radical (unpaired) electrons. The fourth-order valence-corrected chi connectivity index (χ4v) is 3.52. The van der Waals surface area contributed by atoms with Crippen molar-refractivity contribution >= 4 is 33.7 Å². The molecule has 0 bridgehead atoms. The molecule has 3 aromatic rings. The Labute approximate surface area is 131 Å². The van der Waals surface area contributed by atoms with E-state index < -0.39 is 5.75 Å². The number of hydrogen-bond donors (Lipinski definition) is 3. The van der Waals surface area contributed by atoms with Crippen molar-refractivity contribution < 1.29 is 19.9 Å². The van der Waals surface area contributed by atoms with Crippen LogP contribution in [0, 0.1) is 0 Å². The predicted octanol–water partition coefficient (Wildman–Crippen LogP) is 3.50. The highest BCUT2D eigenvalue weighted by Crippen LogP contribution is 2.36. The fourth-order valence-electron chi connectivity index (χ4n) is 2.39. The quantitative estimate of drug-likeness (QED) is 0.512. The molecular weight excluding hydrogens is 298 g/mol. The lowest BCUT2D eigenvalue weighted by Crippen LogP contribution is -2.33. The zero-order valence-corrected chi connectivity index (χ0v) is 12.8. The van der Waals surface area contributed by atoms with E-state index in [2.05, 4.69) is 23.6 Å². The third-order valence-electron chi connectivity index (χ3n) is 3.46. The minimum Gasteiger partial charge on any atom is -0.504 e. The van der Waals surface area contributed by atoms with Crippen LogP contribution in [0.25, 0.3) is 22.4 Å². The molecule has 112 valence electrons. The van der Waals surface area contributed by atoms with Gasteiger partial charge in [0.15, 0.2) is 17.2 Å². The van der Waals surface area contributed by atoms with Crippen molar-refractivity contribution in [1.29, 1.82) is 0 Å². The highest BCUT2D eigenvalue weighted by atomic mass is 32.1. The maximum Gasteiger partial charge on any atom is 0.262 e. The Hall–Kier alpha value is -2.53. The van der Waals surface area contributed by atoms with E-state index in [-0.39, 0.29) is 11.5 Å². The summed E-state index contributed by atoms with van der Waals surface area (Å²) in [6.07, 6.45) is 3.75. The Morgan fingerprint density at radius 3 is 2.41 bits per heavy atom. The summed E-state index contributed by atoms with van der Waals surface area (Å²) >= 11 is 1.68. The molecule has 5 heteroatoms. The van der Waals surface area contributed by atoms with Crippen LogP contribution in [0.1, 0.15) is 17.5 Å². The van der Waals surface area contributed by atoms with Gasteiger partial charge in [0, 0.05) is 12.1 Å². The van der Waals surface area contributed by atoms with Gasteiger partial charge in [0.25, 0.3) is 5.01 Å². The van der Waals surface area contributed by atoms with E-state index in [1.165, 1.54) is 22.3 Å². The van der Waals surface area contributed by atoms with Crippen LogP contribution in [-0.2, 0) is 6.54 Å². The Morgan fingerprint density at radius 2 is 1.73 bits per heavy atom. The van der Waals surface area contributed by atoms with Crippen molar-refractivity contribution in [1.82, 2.24) is 0 Å². The van der Waals surface area contributed by atoms with E-state index in [4.69, 9.17) is 0 Å². The van der Waals surface area contributed by atoms with Crippen LogP contribution in [0.3, 0.4) is 0 Å². The van der Waals surface area contributed by atoms with Crippen molar-refractivity contribution in [2.24, 2.45) is 0 Å². The molecule has 3 rings (SSSR count). The first-order valence-corrected chi connectivity index (χ1v) is 7.76. The fraction of sp³-hybridized carbons (Fsp3) is 0.118. The van der Waals surface area contributed by atoms with Crippen LogP contribution < -0.4 is 4.57 Å². The molecule has 1 heterocycles. The van der Waals surface area contributed by atoms with Gasteiger partial charge in [0.2, 0.25) is 5.52 Å². The van der Waals surface area contributed by atoms with Crippen LogP contribution >= 0.6 is 11.3 Å². The Bertz CT molecular complexity index is 844. The first kappa shape index (κ1) is 14.4. The summed E-state index contributed by atoms with van der Waals surface area (Å²) in [6, 6.07) is 11.0. The number of fused-ring (bicyclic) bond motifs is 1. The highest BCUT2D eigenvalue weighted by Gasteiger charge is 2.16. The third-order valence-corrected chi connectivity index (χ3v) is 4.59. The summed E-state index contributed by atoms with van der Waals surface area (Å²) in [4.78, 5) is 0. The number of aryl methyl sites for hydroxylation is 1. The number of nitrogens with zero attached hydrogens (tertiary/aromatic N) is 1. The van der Waals surface area contributed by atoms with E-state index in [0.717, 1.165) is 11.6 Å². The lowest BCUT2D eigenvalue weighted by molar-refractivity contribution is -0.665. The van der Waals surface area contributed by atoms with Crippen LogP contribution in [0.5, 0.6) is 17.2 Å². The topological polar surface area (TPSA) is 64.6 Å². The van der Waals surface area contributed by atoms with Gasteiger partial charge >= 0.3 is 0 Å². The SMILES string of the molecule is CC[n+]1c(/C=C/c2cc(O)c(O)c(O)c2)sc2ccccc21. The summed E-state index contributed by atoms with van der Waals surface area (Å²) in [5.41, 5.74) is 1.80. The standard InChI is InChI=1S/C17H15NO3S/c1-2-18-12-5-3-4-6-15(12)22-16(18)8-7-11-9-13(19)17(21)14(20)10-11/h3-10,19-20H,2H2,1H3/p+1. The maximum absolute atomic E-state index is 9.55. The zero-order valence-electron chi connectivity index (χ0n) is 12.0. The summed E-state index contributed by atoms with van der Waals surface area (Å²) in [5.74, 6) is -1.17. The first-order valence-electron chi connectivity index (χ1n) is 6.94. The molecule has 3 N–H and O–H groups in total. The van der Waals surface area contributed by atoms with E-state index in [9.17, 15) is 15.3 Å². The third kappa shape index (κ3) is 2.51. The summed E-state index contributed by atoms with van der Waals surface area (Å²) in [5, 5.41) is 29.5. The molecule has 0 aliphatic carbocycles. The Morgan fingerprint density at radius 1 is 1.05 bits per heavy atom. The summed E-state index contributed by atoms with van der Waals surface area (Å²) in [7, 11) is 0. The van der Waals surface area contributed by atoms with Gasteiger partial charge in [-0.15, -0.1) is 0 Å². The molecule has 0 unspecified atom stereocenters. The second kappa shape index (κ2) is 5.69. The van der Waals surface area contributed by atoms with E-state index >= 15 is 0 Å². The molecule has 0 spiro atoms. The van der Waals surface area contributed by atoms with E-state index in [1.54, 1.807) is 17.4 Å². The molecule has 22 heavy (non-hydrogen) atoms. The van der Waals surface area contributed by atoms with Gasteiger partial charge in [-0.05, 0) is 36.8 Å². The van der Waals surface area contributed by atoms with Crippen molar-refractivity contribution in [3.05, 3.63) is 47.0 Å². The Kier molecular flexibility index (Phi) is 3.73. The smallest absolute Gasteiger partial charge is 0.262 e. The second-order valence-electron chi connectivity index (χ2n) is 4.89. The lowest BCUT2D eigenvalue weighted by atomic mass is 10.1. The average Bonchev–Trinajstić information content (AvgIpc) is 2.87. The van der Waals surface area contributed by atoms with Gasteiger partial charge in [-0.25, -0.2) is 0 Å². The molecule has 0 amide bonds. The highest BCUT2D eigenvalue weighted by molar-refractivity contribution is 7.18. The van der Waals surface area contributed by atoms with Crippen molar-refractivity contribution in [3.63, 3.8) is 0 Å². The number of benzene rings is 2. The number of thiazole rings is 1. The number of phenolic OH excluding ortho intramolecular Hbond substituents is 3. The minimum atomic E-state index is -0.498. The molecule has 4 nitrogen and oxygen atoms in total. The molecule has 0 saturated heterocycles. The number of phenols is 3. The monoisotopic (exact) mass is 314 g/mol. The molecule has 0 aliphatic rings. The van der Waals surface area contributed by atoms with Crippen LogP contribution in [0.4, 0.5) is 0 Å². The van der Waals surface area contributed by atoms with Gasteiger partial charge in [-0.2, -0.15) is 4.57 Å². The van der Waals surface area contributed by atoms with Crippen LogP contribution in [0.2, 0.25) is 0 Å². The van der Waals surface area contributed by atoms with Crippen molar-refractivity contribution in [2.75, 3.05) is 0 Å². The maximum atomic E-state index is 9.55. The van der Waals surface area contributed by atoms with Gasteiger partial charge in [-0.1, -0.05) is 23.5 Å². The predicted molar refractivity (Wildman–Crippen MR) is 88.1 cm³/mol. The molecular formula is C17H16NO3S+. The van der Waals surface area contributed by atoms with Crippen LogP contribution in [-0.4, -0.2) is 15.3 Å². The first-order chi connectivity index (χ1) is 10.6. The molecule has 1 aromatic heterocycles. The van der Waals surface area contributed by atoms with Gasteiger partial charge in [0.05, 0.1) is 0 Å². The summed E-state index contributed by atoms with van der Waals surface area (Å²) < 4.78 is 3.41. The number of para-hydroxylation sites is 1. The molecule has 0 atom stereocenters. The summed E-state index contributed by atoms with van der Waals surface area (Å²) in [6.45, 7) is 2.95. The number of aromatic hydroxyl groups is 3. The van der Waals surface area contributed by atoms with Crippen molar-refractivity contribution in [3.8, 4) is 17.2 Å². The van der Waals surface area contributed by atoms with Gasteiger partial charge in [-0.3, -0.25) is 0 Å². The number of aromatic nitrogens is 1. The Balaban J connectivity index is 2.02. The normalized spacial score (nSPS) is 11.5. The largest absolute Gasteiger partial charge is 0.504 e. The minimum absolute atomic E-state index is 0.334. The number of rotatable bonds is 3.